The van der Waals surface area contributed by atoms with Crippen LogP contribution in [-0.4, -0.2) is 59.4 Å². The maximum Gasteiger partial charge on any atom is 0.307 e. The van der Waals surface area contributed by atoms with E-state index in [1.807, 2.05) is 29.0 Å². The van der Waals surface area contributed by atoms with Crippen molar-refractivity contribution in [2.45, 2.75) is 45.2 Å². The molecule has 2 heterocycles. The van der Waals surface area contributed by atoms with Crippen LogP contribution in [0.4, 0.5) is 0 Å². The SMILES string of the molecule is CCOC(=O)CC1CCCCN1C(=O)CN(C)Cc1ccncc1. The van der Waals surface area contributed by atoms with E-state index in [0.29, 0.717) is 26.1 Å². The third-order valence-electron chi connectivity index (χ3n) is 4.26. The Morgan fingerprint density at radius 3 is 2.79 bits per heavy atom. The normalized spacial score (nSPS) is 17.8. The van der Waals surface area contributed by atoms with Gasteiger partial charge in [-0.3, -0.25) is 19.5 Å². The predicted molar refractivity (Wildman–Crippen MR) is 91.2 cm³/mol. The van der Waals surface area contributed by atoms with Crippen LogP contribution in [0.15, 0.2) is 24.5 Å². The largest absolute Gasteiger partial charge is 0.466 e. The summed E-state index contributed by atoms with van der Waals surface area (Å²) in [6.45, 7) is 3.96. The van der Waals surface area contributed by atoms with Crippen molar-refractivity contribution in [3.8, 4) is 0 Å². The molecule has 0 aliphatic carbocycles. The van der Waals surface area contributed by atoms with Crippen molar-refractivity contribution in [2.75, 3.05) is 26.7 Å². The molecule has 1 unspecified atom stereocenters. The van der Waals surface area contributed by atoms with Gasteiger partial charge in [-0.25, -0.2) is 0 Å². The van der Waals surface area contributed by atoms with Crippen molar-refractivity contribution in [2.24, 2.45) is 0 Å². The quantitative estimate of drug-likeness (QED) is 0.713. The summed E-state index contributed by atoms with van der Waals surface area (Å²) in [7, 11) is 1.93. The van der Waals surface area contributed by atoms with E-state index in [2.05, 4.69) is 4.98 Å². The molecule has 6 nitrogen and oxygen atoms in total. The van der Waals surface area contributed by atoms with Gasteiger partial charge >= 0.3 is 5.97 Å². The standard InChI is InChI=1S/C18H27N3O3/c1-3-24-18(23)12-16-6-4-5-11-21(16)17(22)14-20(2)13-15-7-9-19-10-8-15/h7-10,16H,3-6,11-14H2,1-2H3. The number of carbonyl (C=O) groups excluding carboxylic acids is 2. The van der Waals surface area contributed by atoms with Crippen LogP contribution in [0.2, 0.25) is 0 Å². The number of carbonyl (C=O) groups is 2. The van der Waals surface area contributed by atoms with Gasteiger partial charge < -0.3 is 9.64 Å². The summed E-state index contributed by atoms with van der Waals surface area (Å²) in [5, 5.41) is 0. The molecular weight excluding hydrogens is 306 g/mol. The summed E-state index contributed by atoms with van der Waals surface area (Å²) >= 11 is 0. The molecule has 1 fully saturated rings. The Bertz CT molecular complexity index is 536. The Kier molecular flexibility index (Phi) is 7.18. The van der Waals surface area contributed by atoms with Gasteiger partial charge in [-0.15, -0.1) is 0 Å². The first-order valence-electron chi connectivity index (χ1n) is 8.62. The molecule has 2 rings (SSSR count). The number of piperidine rings is 1. The lowest BCUT2D eigenvalue weighted by molar-refractivity contribution is -0.146. The van der Waals surface area contributed by atoms with Crippen LogP contribution in [0.3, 0.4) is 0 Å². The first-order chi connectivity index (χ1) is 11.6. The second-order valence-electron chi connectivity index (χ2n) is 6.27. The fourth-order valence-corrected chi connectivity index (χ4v) is 3.13. The molecule has 1 amide bonds. The van der Waals surface area contributed by atoms with Gasteiger partial charge in [-0.1, -0.05) is 0 Å². The van der Waals surface area contributed by atoms with E-state index in [4.69, 9.17) is 4.74 Å². The monoisotopic (exact) mass is 333 g/mol. The number of aromatic nitrogens is 1. The molecule has 0 N–H and O–H groups in total. The summed E-state index contributed by atoms with van der Waals surface area (Å²) < 4.78 is 5.04. The Balaban J connectivity index is 1.89. The van der Waals surface area contributed by atoms with Crippen molar-refractivity contribution in [1.82, 2.24) is 14.8 Å². The van der Waals surface area contributed by atoms with Gasteiger partial charge in [0, 0.05) is 31.5 Å². The minimum absolute atomic E-state index is 0.0281. The van der Waals surface area contributed by atoms with Gasteiger partial charge in [0.25, 0.3) is 0 Å². The molecule has 1 aromatic heterocycles. The molecule has 1 aliphatic rings. The molecule has 132 valence electrons. The Morgan fingerprint density at radius 1 is 1.33 bits per heavy atom. The van der Waals surface area contributed by atoms with Gasteiger partial charge in [0.15, 0.2) is 0 Å². The molecule has 0 aromatic carbocycles. The van der Waals surface area contributed by atoms with Crippen molar-refractivity contribution in [3.63, 3.8) is 0 Å². The van der Waals surface area contributed by atoms with E-state index in [9.17, 15) is 9.59 Å². The first-order valence-corrected chi connectivity index (χ1v) is 8.62. The summed E-state index contributed by atoms with van der Waals surface area (Å²) in [4.78, 5) is 32.3. The highest BCUT2D eigenvalue weighted by molar-refractivity contribution is 5.79. The smallest absolute Gasteiger partial charge is 0.307 e. The van der Waals surface area contributed by atoms with E-state index in [1.165, 1.54) is 0 Å². The minimum Gasteiger partial charge on any atom is -0.466 e. The van der Waals surface area contributed by atoms with E-state index in [1.54, 1.807) is 19.3 Å². The van der Waals surface area contributed by atoms with Gasteiger partial charge in [-0.05, 0) is 50.9 Å². The number of hydrogen-bond acceptors (Lipinski definition) is 5. The van der Waals surface area contributed by atoms with Gasteiger partial charge in [0.05, 0.1) is 19.6 Å². The van der Waals surface area contributed by atoms with Crippen LogP contribution >= 0.6 is 0 Å². The van der Waals surface area contributed by atoms with Crippen molar-refractivity contribution < 1.29 is 14.3 Å². The molecule has 6 heteroatoms. The number of pyridine rings is 1. The van der Waals surface area contributed by atoms with E-state index in [-0.39, 0.29) is 17.9 Å². The molecule has 1 atom stereocenters. The number of ether oxygens (including phenoxy) is 1. The van der Waals surface area contributed by atoms with Crippen LogP contribution in [0, 0.1) is 0 Å². The molecule has 0 spiro atoms. The lowest BCUT2D eigenvalue weighted by atomic mass is 9.99. The average molecular weight is 333 g/mol. The topological polar surface area (TPSA) is 62.7 Å². The molecule has 0 saturated carbocycles. The number of esters is 1. The maximum absolute atomic E-state index is 12.7. The van der Waals surface area contributed by atoms with Gasteiger partial charge in [-0.2, -0.15) is 0 Å². The van der Waals surface area contributed by atoms with Crippen LogP contribution < -0.4 is 0 Å². The molecular formula is C18H27N3O3. The molecule has 1 aromatic rings. The summed E-state index contributed by atoms with van der Waals surface area (Å²) in [5.74, 6) is -0.132. The zero-order chi connectivity index (χ0) is 17.4. The third-order valence-corrected chi connectivity index (χ3v) is 4.26. The Hall–Kier alpha value is -1.95. The molecule has 0 bridgehead atoms. The fraction of sp³-hybridized carbons (Fsp3) is 0.611. The second kappa shape index (κ2) is 9.37. The van der Waals surface area contributed by atoms with Gasteiger partial charge in [0.1, 0.15) is 0 Å². The summed E-state index contributed by atoms with van der Waals surface area (Å²) in [6.07, 6.45) is 6.74. The number of likely N-dealkylation sites (N-methyl/N-ethyl adjacent to an activating group) is 1. The Morgan fingerprint density at radius 2 is 2.08 bits per heavy atom. The minimum atomic E-state index is -0.215. The Labute approximate surface area is 143 Å². The average Bonchev–Trinajstić information content (AvgIpc) is 2.56. The lowest BCUT2D eigenvalue weighted by Gasteiger charge is -2.36. The predicted octanol–water partition coefficient (Wildman–Crippen LogP) is 1.85. The molecule has 0 radical (unpaired) electrons. The second-order valence-corrected chi connectivity index (χ2v) is 6.27. The highest BCUT2D eigenvalue weighted by Crippen LogP contribution is 2.20. The zero-order valence-electron chi connectivity index (χ0n) is 14.6. The number of hydrogen-bond donors (Lipinski definition) is 0. The van der Waals surface area contributed by atoms with Crippen molar-refractivity contribution in [1.29, 1.82) is 0 Å². The highest BCUT2D eigenvalue weighted by Gasteiger charge is 2.29. The van der Waals surface area contributed by atoms with Crippen LogP contribution in [-0.2, 0) is 20.9 Å². The maximum atomic E-state index is 12.7. The number of likely N-dealkylation sites (tertiary alicyclic amines) is 1. The van der Waals surface area contributed by atoms with E-state index < -0.39 is 0 Å². The summed E-state index contributed by atoms with van der Waals surface area (Å²) in [5.41, 5.74) is 1.13. The van der Waals surface area contributed by atoms with Gasteiger partial charge in [0.2, 0.25) is 5.91 Å². The molecule has 1 aliphatic heterocycles. The van der Waals surface area contributed by atoms with Crippen LogP contribution in [0.1, 0.15) is 38.2 Å². The van der Waals surface area contributed by atoms with Crippen molar-refractivity contribution in [3.05, 3.63) is 30.1 Å². The zero-order valence-corrected chi connectivity index (χ0v) is 14.6. The molecule has 24 heavy (non-hydrogen) atoms. The van der Waals surface area contributed by atoms with E-state index >= 15 is 0 Å². The molecule has 1 saturated heterocycles. The lowest BCUT2D eigenvalue weighted by Crippen LogP contribution is -2.48. The number of nitrogens with zero attached hydrogens (tertiary/aromatic N) is 3. The van der Waals surface area contributed by atoms with Crippen LogP contribution in [0.5, 0.6) is 0 Å². The fourth-order valence-electron chi connectivity index (χ4n) is 3.13. The third kappa shape index (κ3) is 5.60. The number of amides is 1. The highest BCUT2D eigenvalue weighted by atomic mass is 16.5. The summed E-state index contributed by atoms with van der Waals surface area (Å²) in [6, 6.07) is 3.87. The van der Waals surface area contributed by atoms with E-state index in [0.717, 1.165) is 31.4 Å². The van der Waals surface area contributed by atoms with Crippen LogP contribution in [0.25, 0.3) is 0 Å². The number of rotatable bonds is 7. The first kappa shape index (κ1) is 18.4. The van der Waals surface area contributed by atoms with Crippen molar-refractivity contribution >= 4 is 11.9 Å².